The molecule has 0 aliphatic heterocycles. The van der Waals surface area contributed by atoms with E-state index in [4.69, 9.17) is 4.74 Å². The van der Waals surface area contributed by atoms with Gasteiger partial charge in [-0.15, -0.1) is 0 Å². The molecule has 4 heteroatoms. The van der Waals surface area contributed by atoms with Gasteiger partial charge in [-0.1, -0.05) is 37.3 Å². The van der Waals surface area contributed by atoms with Crippen LogP contribution in [0.4, 0.5) is 0 Å². The highest BCUT2D eigenvalue weighted by Gasteiger charge is 2.12. The van der Waals surface area contributed by atoms with Crippen molar-refractivity contribution < 1.29 is 4.74 Å². The largest absolute Gasteiger partial charge is 0.480 e. The fourth-order valence-electron chi connectivity index (χ4n) is 2.10. The van der Waals surface area contributed by atoms with Crippen LogP contribution in [0.15, 0.2) is 42.7 Å². The van der Waals surface area contributed by atoms with Gasteiger partial charge in [0.25, 0.3) is 0 Å². The molecule has 1 atom stereocenters. The number of nitrogens with zero attached hydrogens (tertiary/aromatic N) is 2. The summed E-state index contributed by atoms with van der Waals surface area (Å²) in [5.41, 5.74) is 2.20. The molecule has 0 amide bonds. The van der Waals surface area contributed by atoms with Gasteiger partial charge in [0.15, 0.2) is 0 Å². The van der Waals surface area contributed by atoms with Gasteiger partial charge in [-0.05, 0) is 18.5 Å². The van der Waals surface area contributed by atoms with Gasteiger partial charge in [0.05, 0.1) is 19.0 Å². The molecule has 1 unspecified atom stereocenters. The summed E-state index contributed by atoms with van der Waals surface area (Å²) in [5, 5.41) is 3.56. The predicted molar refractivity (Wildman–Crippen MR) is 79.8 cm³/mol. The lowest BCUT2D eigenvalue weighted by Gasteiger charge is -2.18. The van der Waals surface area contributed by atoms with Crippen molar-refractivity contribution in [2.24, 2.45) is 0 Å². The SMILES string of the molecule is CCCNC(Cc1cncc(OC)n1)c1ccccc1. The topological polar surface area (TPSA) is 47.0 Å². The van der Waals surface area contributed by atoms with E-state index in [0.717, 1.165) is 25.1 Å². The first-order chi connectivity index (χ1) is 9.83. The maximum absolute atomic E-state index is 5.13. The lowest BCUT2D eigenvalue weighted by Crippen LogP contribution is -2.24. The van der Waals surface area contributed by atoms with E-state index in [2.05, 4.69) is 46.5 Å². The Morgan fingerprint density at radius 3 is 2.70 bits per heavy atom. The van der Waals surface area contributed by atoms with E-state index in [1.165, 1.54) is 5.56 Å². The van der Waals surface area contributed by atoms with E-state index in [1.807, 2.05) is 6.07 Å². The van der Waals surface area contributed by atoms with Crippen molar-refractivity contribution in [3.63, 3.8) is 0 Å². The normalized spacial score (nSPS) is 12.1. The van der Waals surface area contributed by atoms with Crippen LogP contribution in [0.3, 0.4) is 0 Å². The molecule has 1 heterocycles. The lowest BCUT2D eigenvalue weighted by atomic mass is 10.0. The third-order valence-corrected chi connectivity index (χ3v) is 3.13. The Hall–Kier alpha value is -1.94. The van der Waals surface area contributed by atoms with Crippen molar-refractivity contribution in [2.45, 2.75) is 25.8 Å². The maximum Gasteiger partial charge on any atom is 0.232 e. The summed E-state index contributed by atoms with van der Waals surface area (Å²) in [4.78, 5) is 8.61. The minimum absolute atomic E-state index is 0.248. The van der Waals surface area contributed by atoms with Gasteiger partial charge >= 0.3 is 0 Å². The van der Waals surface area contributed by atoms with Crippen LogP contribution in [0, 0.1) is 0 Å². The molecule has 2 aromatic rings. The van der Waals surface area contributed by atoms with E-state index in [-0.39, 0.29) is 6.04 Å². The van der Waals surface area contributed by atoms with E-state index in [0.29, 0.717) is 5.88 Å². The third-order valence-electron chi connectivity index (χ3n) is 3.13. The number of hydrogen-bond donors (Lipinski definition) is 1. The van der Waals surface area contributed by atoms with E-state index >= 15 is 0 Å². The maximum atomic E-state index is 5.13. The first kappa shape index (κ1) is 14.5. The Bertz CT molecular complexity index is 516. The third kappa shape index (κ3) is 4.03. The molecule has 0 saturated heterocycles. The van der Waals surface area contributed by atoms with Crippen molar-refractivity contribution in [3.05, 3.63) is 54.0 Å². The second kappa shape index (κ2) is 7.60. The van der Waals surface area contributed by atoms with Gasteiger partial charge in [0, 0.05) is 18.7 Å². The molecular formula is C16H21N3O. The molecule has 1 N–H and O–H groups in total. The van der Waals surface area contributed by atoms with Crippen molar-refractivity contribution in [1.82, 2.24) is 15.3 Å². The molecule has 0 radical (unpaired) electrons. The summed E-state index contributed by atoms with van der Waals surface area (Å²) >= 11 is 0. The Balaban J connectivity index is 2.14. The zero-order chi connectivity index (χ0) is 14.2. The fourth-order valence-corrected chi connectivity index (χ4v) is 2.10. The van der Waals surface area contributed by atoms with E-state index < -0.39 is 0 Å². The summed E-state index contributed by atoms with van der Waals surface area (Å²) in [6, 6.07) is 10.7. The summed E-state index contributed by atoms with van der Waals surface area (Å²) in [7, 11) is 1.61. The molecule has 0 saturated carbocycles. The van der Waals surface area contributed by atoms with Crippen molar-refractivity contribution in [3.8, 4) is 5.88 Å². The highest BCUT2D eigenvalue weighted by molar-refractivity contribution is 5.21. The van der Waals surface area contributed by atoms with Crippen LogP contribution in [0.25, 0.3) is 0 Å². The second-order valence-electron chi connectivity index (χ2n) is 4.67. The summed E-state index contributed by atoms with van der Waals surface area (Å²) in [6.07, 6.45) is 5.33. The first-order valence-corrected chi connectivity index (χ1v) is 6.96. The summed E-state index contributed by atoms with van der Waals surface area (Å²) in [5.74, 6) is 0.560. The highest BCUT2D eigenvalue weighted by Crippen LogP contribution is 2.18. The second-order valence-corrected chi connectivity index (χ2v) is 4.67. The molecule has 0 aliphatic carbocycles. The molecule has 4 nitrogen and oxygen atoms in total. The van der Waals surface area contributed by atoms with Crippen molar-refractivity contribution in [2.75, 3.05) is 13.7 Å². The Labute approximate surface area is 120 Å². The number of ether oxygens (including phenoxy) is 1. The Morgan fingerprint density at radius 1 is 1.20 bits per heavy atom. The number of benzene rings is 1. The monoisotopic (exact) mass is 271 g/mol. The van der Waals surface area contributed by atoms with Crippen LogP contribution in [0.2, 0.25) is 0 Å². The quantitative estimate of drug-likeness (QED) is 0.841. The average Bonchev–Trinajstić information content (AvgIpc) is 2.52. The van der Waals surface area contributed by atoms with E-state index in [9.17, 15) is 0 Å². The Kier molecular flexibility index (Phi) is 5.50. The number of rotatable bonds is 7. The number of aromatic nitrogens is 2. The molecule has 106 valence electrons. The van der Waals surface area contributed by atoms with Crippen LogP contribution in [-0.4, -0.2) is 23.6 Å². The van der Waals surface area contributed by atoms with Crippen LogP contribution in [0.1, 0.15) is 30.6 Å². The van der Waals surface area contributed by atoms with Crippen LogP contribution >= 0.6 is 0 Å². The minimum atomic E-state index is 0.248. The van der Waals surface area contributed by atoms with Gasteiger partial charge in [-0.2, -0.15) is 0 Å². The van der Waals surface area contributed by atoms with Gasteiger partial charge in [-0.3, -0.25) is 4.98 Å². The molecule has 0 fully saturated rings. The molecule has 0 spiro atoms. The standard InChI is InChI=1S/C16H21N3O/c1-3-9-18-15(13-7-5-4-6-8-13)10-14-11-17-12-16(19-14)20-2/h4-8,11-12,15,18H,3,9-10H2,1-2H3. The highest BCUT2D eigenvalue weighted by atomic mass is 16.5. The first-order valence-electron chi connectivity index (χ1n) is 6.96. The van der Waals surface area contributed by atoms with Gasteiger partial charge in [0.2, 0.25) is 5.88 Å². The predicted octanol–water partition coefficient (Wildman–Crippen LogP) is 2.77. The molecule has 0 bridgehead atoms. The van der Waals surface area contributed by atoms with Crippen LogP contribution in [0.5, 0.6) is 5.88 Å². The molecule has 20 heavy (non-hydrogen) atoms. The average molecular weight is 271 g/mol. The molecule has 1 aromatic carbocycles. The minimum Gasteiger partial charge on any atom is -0.480 e. The zero-order valence-electron chi connectivity index (χ0n) is 12.0. The number of methoxy groups -OCH3 is 1. The smallest absolute Gasteiger partial charge is 0.232 e. The lowest BCUT2D eigenvalue weighted by molar-refractivity contribution is 0.392. The number of hydrogen-bond acceptors (Lipinski definition) is 4. The van der Waals surface area contributed by atoms with Crippen molar-refractivity contribution in [1.29, 1.82) is 0 Å². The van der Waals surface area contributed by atoms with Gasteiger partial charge < -0.3 is 10.1 Å². The van der Waals surface area contributed by atoms with Crippen molar-refractivity contribution >= 4 is 0 Å². The zero-order valence-corrected chi connectivity index (χ0v) is 12.0. The molecular weight excluding hydrogens is 250 g/mol. The molecule has 2 rings (SSSR count). The van der Waals surface area contributed by atoms with E-state index in [1.54, 1.807) is 19.5 Å². The van der Waals surface area contributed by atoms with Gasteiger partial charge in [-0.25, -0.2) is 4.98 Å². The fraction of sp³-hybridized carbons (Fsp3) is 0.375. The summed E-state index contributed by atoms with van der Waals surface area (Å²) < 4.78 is 5.13. The van der Waals surface area contributed by atoms with Crippen LogP contribution in [-0.2, 0) is 6.42 Å². The van der Waals surface area contributed by atoms with Crippen LogP contribution < -0.4 is 10.1 Å². The molecule has 0 aliphatic rings. The number of nitrogens with one attached hydrogen (secondary N) is 1. The van der Waals surface area contributed by atoms with Gasteiger partial charge in [0.1, 0.15) is 0 Å². The Morgan fingerprint density at radius 2 is 2.00 bits per heavy atom. The molecule has 1 aromatic heterocycles. The summed E-state index contributed by atoms with van der Waals surface area (Å²) in [6.45, 7) is 3.15.